The molecule has 3 atom stereocenters. The molecule has 2 heterocycles. The maximum Gasteiger partial charge on any atom is 0.417 e. The molecular formula is C33H45N3O6S. The Morgan fingerprint density at radius 3 is 2.28 bits per heavy atom. The van der Waals surface area contributed by atoms with E-state index in [0.717, 1.165) is 22.6 Å². The molecule has 0 bridgehead atoms. The van der Waals surface area contributed by atoms with E-state index in [-0.39, 0.29) is 35.1 Å². The lowest BCUT2D eigenvalue weighted by Crippen LogP contribution is -2.46. The van der Waals surface area contributed by atoms with Crippen molar-refractivity contribution in [1.82, 2.24) is 9.80 Å². The minimum Gasteiger partial charge on any atom is -0.493 e. The number of imide groups is 1. The van der Waals surface area contributed by atoms with Crippen LogP contribution >= 0.6 is 10.7 Å². The van der Waals surface area contributed by atoms with Gasteiger partial charge in [0.2, 0.25) is 0 Å². The van der Waals surface area contributed by atoms with Crippen LogP contribution in [0.4, 0.5) is 15.3 Å². The van der Waals surface area contributed by atoms with Crippen molar-refractivity contribution in [3.63, 3.8) is 0 Å². The number of carbonyl (C=O) groups excluding carboxylic acids is 3. The van der Waals surface area contributed by atoms with Gasteiger partial charge in [-0.15, -0.1) is 10.7 Å². The Hall–Kier alpha value is -3.53. The molecule has 3 amide bonds. The lowest BCUT2D eigenvalue weighted by molar-refractivity contribution is 0.0110. The molecule has 2 unspecified atom stereocenters. The van der Waals surface area contributed by atoms with Crippen LogP contribution in [0.15, 0.2) is 42.5 Å². The van der Waals surface area contributed by atoms with Crippen LogP contribution in [0.25, 0.3) is 0 Å². The molecule has 43 heavy (non-hydrogen) atoms. The zero-order valence-electron chi connectivity index (χ0n) is 26.6. The van der Waals surface area contributed by atoms with Crippen molar-refractivity contribution in [2.75, 3.05) is 30.7 Å². The fourth-order valence-electron chi connectivity index (χ4n) is 5.21. The first-order valence-electron chi connectivity index (χ1n) is 14.7. The highest BCUT2D eigenvalue weighted by Crippen LogP contribution is 2.36. The largest absolute Gasteiger partial charge is 0.493 e. The van der Waals surface area contributed by atoms with E-state index in [0.29, 0.717) is 31.0 Å². The van der Waals surface area contributed by atoms with Crippen molar-refractivity contribution < 1.29 is 28.6 Å². The van der Waals surface area contributed by atoms with Gasteiger partial charge in [-0.2, -0.15) is 0 Å². The van der Waals surface area contributed by atoms with Crippen molar-refractivity contribution in [3.8, 4) is 5.75 Å². The molecule has 0 radical (unpaired) electrons. The van der Waals surface area contributed by atoms with E-state index in [2.05, 4.69) is 40.6 Å². The molecule has 10 heteroatoms. The SMILES string of the molecule is C/C=S(\C)Nc1ccc([C@@H]2CCN(C(=O)OC(C)(C)C)CC2COc2ccc3c(c2)C(=O)N(C(=O)OC(C)(C)C)C3)cc1. The predicted molar refractivity (Wildman–Crippen MR) is 172 cm³/mol. The Bertz CT molecular complexity index is 1380. The van der Waals surface area contributed by atoms with Crippen LogP contribution in [0, 0.1) is 5.92 Å². The number of ether oxygens (including phenoxy) is 3. The van der Waals surface area contributed by atoms with Gasteiger partial charge >= 0.3 is 12.2 Å². The van der Waals surface area contributed by atoms with Gasteiger partial charge in [-0.1, -0.05) is 18.2 Å². The summed E-state index contributed by atoms with van der Waals surface area (Å²) in [7, 11) is -0.00735. The Balaban J connectivity index is 1.50. The average Bonchev–Trinajstić information content (AvgIpc) is 3.26. The number of rotatable bonds is 6. The van der Waals surface area contributed by atoms with E-state index >= 15 is 0 Å². The second-order valence-electron chi connectivity index (χ2n) is 13.1. The van der Waals surface area contributed by atoms with Crippen molar-refractivity contribution in [1.29, 1.82) is 0 Å². The summed E-state index contributed by atoms with van der Waals surface area (Å²) in [5.74, 6) is 0.304. The van der Waals surface area contributed by atoms with Gasteiger partial charge in [0.1, 0.15) is 17.0 Å². The minimum atomic E-state index is -0.701. The zero-order chi connectivity index (χ0) is 31.5. The number of piperidine rings is 1. The number of hydrogen-bond donors (Lipinski definition) is 1. The van der Waals surface area contributed by atoms with E-state index in [1.807, 2.05) is 39.8 Å². The molecule has 2 aliphatic rings. The van der Waals surface area contributed by atoms with E-state index in [1.54, 1.807) is 31.7 Å². The second-order valence-corrected chi connectivity index (χ2v) is 14.9. The fourth-order valence-corrected chi connectivity index (χ4v) is 5.84. The second kappa shape index (κ2) is 13.0. The lowest BCUT2D eigenvalue weighted by atomic mass is 9.81. The number of likely N-dealkylation sites (tertiary alicyclic amines) is 1. The minimum absolute atomic E-state index is 0.00734. The normalized spacial score (nSPS) is 19.6. The van der Waals surface area contributed by atoms with E-state index in [1.165, 1.54) is 5.56 Å². The van der Waals surface area contributed by atoms with Gasteiger partial charge in [0.15, 0.2) is 0 Å². The van der Waals surface area contributed by atoms with Crippen molar-refractivity contribution >= 4 is 39.8 Å². The van der Waals surface area contributed by atoms with Gasteiger partial charge in [0, 0.05) is 30.3 Å². The van der Waals surface area contributed by atoms with Crippen molar-refractivity contribution in [2.24, 2.45) is 5.92 Å². The highest BCUT2D eigenvalue weighted by molar-refractivity contribution is 8.15. The maximum atomic E-state index is 13.1. The van der Waals surface area contributed by atoms with Crippen LogP contribution in [0.5, 0.6) is 5.75 Å². The standard InChI is InChI=1S/C33H45N3O6S/c1-9-43(8)34-25-13-10-22(11-14-25)27-16-17-35(30(38)41-32(2,3)4)19-24(27)21-40-26-15-12-23-20-36(29(37)28(23)18-26)31(39)42-33(5,6)7/h9-15,18,24,27,34H,16-17,19-21H2,1-8H3/t24?,27-,43?/m0/s1. The Morgan fingerprint density at radius 1 is 1.00 bits per heavy atom. The number of nitrogens with zero attached hydrogens (tertiary/aromatic N) is 2. The topological polar surface area (TPSA) is 97.4 Å². The first kappa shape index (κ1) is 32.4. The number of hydrogen-bond acceptors (Lipinski definition) is 7. The van der Waals surface area contributed by atoms with Crippen LogP contribution in [0.2, 0.25) is 0 Å². The summed E-state index contributed by atoms with van der Waals surface area (Å²) in [6, 6.07) is 13.8. The molecule has 2 aromatic carbocycles. The molecule has 234 valence electrons. The van der Waals surface area contributed by atoms with Crippen molar-refractivity contribution in [3.05, 3.63) is 59.2 Å². The number of amides is 3. The summed E-state index contributed by atoms with van der Waals surface area (Å²) in [6.07, 6.45) is 1.92. The van der Waals surface area contributed by atoms with Crippen LogP contribution in [0.3, 0.4) is 0 Å². The molecule has 0 spiro atoms. The first-order valence-corrected chi connectivity index (χ1v) is 16.4. The third kappa shape index (κ3) is 8.53. The average molecular weight is 612 g/mol. The van der Waals surface area contributed by atoms with E-state index in [4.69, 9.17) is 14.2 Å². The molecule has 1 N–H and O–H groups in total. The van der Waals surface area contributed by atoms with Gasteiger partial charge in [0.25, 0.3) is 5.91 Å². The summed E-state index contributed by atoms with van der Waals surface area (Å²) < 4.78 is 20.9. The first-order chi connectivity index (χ1) is 20.1. The monoisotopic (exact) mass is 611 g/mol. The number of carbonyl (C=O) groups is 3. The summed E-state index contributed by atoms with van der Waals surface area (Å²) >= 11 is 0. The maximum absolute atomic E-state index is 13.1. The van der Waals surface area contributed by atoms with E-state index in [9.17, 15) is 14.4 Å². The third-order valence-electron chi connectivity index (χ3n) is 7.32. The number of fused-ring (bicyclic) bond motifs is 1. The summed E-state index contributed by atoms with van der Waals surface area (Å²) in [6.45, 7) is 14.5. The van der Waals surface area contributed by atoms with Crippen LogP contribution in [0.1, 0.15) is 82.3 Å². The van der Waals surface area contributed by atoms with Gasteiger partial charge < -0.3 is 23.8 Å². The highest BCUT2D eigenvalue weighted by Gasteiger charge is 2.37. The molecule has 9 nitrogen and oxygen atoms in total. The van der Waals surface area contributed by atoms with Gasteiger partial charge in [0.05, 0.1) is 13.2 Å². The van der Waals surface area contributed by atoms with Crippen molar-refractivity contribution in [2.45, 2.75) is 78.6 Å². The molecule has 2 aromatic rings. The van der Waals surface area contributed by atoms with E-state index < -0.39 is 23.2 Å². The van der Waals surface area contributed by atoms with Crippen LogP contribution in [-0.2, 0) is 16.0 Å². The third-order valence-corrected chi connectivity index (χ3v) is 8.58. The predicted octanol–water partition coefficient (Wildman–Crippen LogP) is 7.04. The molecule has 0 saturated carbocycles. The zero-order valence-corrected chi connectivity index (χ0v) is 27.4. The number of anilines is 1. The smallest absolute Gasteiger partial charge is 0.417 e. The Labute approximate surface area is 257 Å². The molecule has 1 saturated heterocycles. The summed E-state index contributed by atoms with van der Waals surface area (Å²) in [4.78, 5) is 41.5. The van der Waals surface area contributed by atoms with Gasteiger partial charge in [-0.25, -0.2) is 14.5 Å². The van der Waals surface area contributed by atoms with Crippen LogP contribution in [-0.4, -0.2) is 70.4 Å². The molecule has 2 aliphatic heterocycles. The highest BCUT2D eigenvalue weighted by atomic mass is 32.2. The molecular weight excluding hydrogens is 566 g/mol. The number of nitrogens with one attached hydrogen (secondary N) is 1. The van der Waals surface area contributed by atoms with Gasteiger partial charge in [-0.05, 0) is 108 Å². The number of benzene rings is 2. The molecule has 0 aromatic heterocycles. The van der Waals surface area contributed by atoms with Gasteiger partial charge in [-0.3, -0.25) is 4.79 Å². The Morgan fingerprint density at radius 2 is 1.65 bits per heavy atom. The molecule has 0 aliphatic carbocycles. The molecule has 4 rings (SSSR count). The quantitative estimate of drug-likeness (QED) is 0.350. The lowest BCUT2D eigenvalue weighted by Gasteiger charge is -2.39. The van der Waals surface area contributed by atoms with Crippen LogP contribution < -0.4 is 9.46 Å². The molecule has 1 fully saturated rings. The summed E-state index contributed by atoms with van der Waals surface area (Å²) in [5, 5.41) is 2.13. The fraction of sp³-hybridized carbons (Fsp3) is 0.515. The Kier molecular flexibility index (Phi) is 9.79. The summed E-state index contributed by atoms with van der Waals surface area (Å²) in [5.41, 5.74) is 2.15.